The van der Waals surface area contributed by atoms with Crippen LogP contribution in [0, 0.1) is 5.82 Å². The van der Waals surface area contributed by atoms with Crippen molar-refractivity contribution in [1.29, 1.82) is 0 Å². The van der Waals surface area contributed by atoms with E-state index >= 15 is 0 Å². The normalized spacial score (nSPS) is 11.1. The molecule has 32 heavy (non-hydrogen) atoms. The summed E-state index contributed by atoms with van der Waals surface area (Å²) in [5, 5.41) is 4.55. The molecule has 0 spiro atoms. The summed E-state index contributed by atoms with van der Waals surface area (Å²) in [7, 11) is 2.04. The Labute approximate surface area is 191 Å². The van der Waals surface area contributed by atoms with Gasteiger partial charge < -0.3 is 10.2 Å². The number of carbonyl (C=O) groups excluding carboxylic acids is 1. The van der Waals surface area contributed by atoms with Crippen molar-refractivity contribution in [2.45, 2.75) is 16.5 Å². The molecule has 162 valence electrons. The molecule has 0 saturated carbocycles. The summed E-state index contributed by atoms with van der Waals surface area (Å²) in [5.41, 5.74) is 2.58. The number of halogens is 1. The van der Waals surface area contributed by atoms with E-state index in [4.69, 9.17) is 0 Å². The first-order valence-corrected chi connectivity index (χ1v) is 11.2. The van der Waals surface area contributed by atoms with Gasteiger partial charge in [0.2, 0.25) is 0 Å². The largest absolute Gasteiger partial charge is 0.351 e. The molecule has 0 unspecified atom stereocenters. The molecule has 1 heterocycles. The average Bonchev–Trinajstić information content (AvgIpc) is 2.80. The highest BCUT2D eigenvalue weighted by molar-refractivity contribution is 7.99. The van der Waals surface area contributed by atoms with Crippen molar-refractivity contribution in [3.63, 3.8) is 0 Å². The summed E-state index contributed by atoms with van der Waals surface area (Å²) < 4.78 is 13.2. The predicted octanol–water partition coefficient (Wildman–Crippen LogP) is 5.39. The zero-order valence-electron chi connectivity index (χ0n) is 17.8. The van der Waals surface area contributed by atoms with Crippen LogP contribution in [0.2, 0.25) is 0 Å². The van der Waals surface area contributed by atoms with Crippen LogP contribution in [0.25, 0.3) is 10.9 Å². The fraction of sp³-hybridized carbons (Fsp3) is 0.154. The van der Waals surface area contributed by atoms with Gasteiger partial charge in [0.15, 0.2) is 0 Å². The van der Waals surface area contributed by atoms with Crippen LogP contribution in [0.1, 0.15) is 15.9 Å². The number of pyridine rings is 1. The molecule has 1 amide bonds. The van der Waals surface area contributed by atoms with E-state index in [1.165, 1.54) is 29.5 Å². The molecule has 4 rings (SSSR count). The third-order valence-electron chi connectivity index (χ3n) is 5.05. The fourth-order valence-corrected chi connectivity index (χ4v) is 4.28. The molecule has 3 aromatic carbocycles. The van der Waals surface area contributed by atoms with E-state index in [9.17, 15) is 9.18 Å². The van der Waals surface area contributed by atoms with Gasteiger partial charge in [-0.3, -0.25) is 4.79 Å². The number of rotatable bonds is 8. The maximum absolute atomic E-state index is 13.2. The summed E-state index contributed by atoms with van der Waals surface area (Å²) in [6.45, 7) is 2.10. The van der Waals surface area contributed by atoms with Crippen molar-refractivity contribution in [2.75, 3.05) is 20.1 Å². The lowest BCUT2D eigenvalue weighted by atomic mass is 10.1. The van der Waals surface area contributed by atoms with Crippen LogP contribution >= 0.6 is 11.8 Å². The lowest BCUT2D eigenvalue weighted by Gasteiger charge is -2.17. The summed E-state index contributed by atoms with van der Waals surface area (Å²) in [5.74, 6) is -0.407. The molecule has 0 atom stereocenters. The number of fused-ring (bicyclic) bond motifs is 1. The number of hydrogen-bond donors (Lipinski definition) is 1. The predicted molar refractivity (Wildman–Crippen MR) is 127 cm³/mol. The van der Waals surface area contributed by atoms with Crippen LogP contribution in [-0.2, 0) is 6.54 Å². The van der Waals surface area contributed by atoms with Crippen LogP contribution in [0.15, 0.2) is 94.9 Å². The first-order chi connectivity index (χ1) is 15.6. The summed E-state index contributed by atoms with van der Waals surface area (Å²) >= 11 is 1.41. The van der Waals surface area contributed by atoms with E-state index in [0.717, 1.165) is 28.9 Å². The van der Waals surface area contributed by atoms with Gasteiger partial charge in [-0.25, -0.2) is 9.37 Å². The Bertz CT molecular complexity index is 1200. The highest BCUT2D eigenvalue weighted by Crippen LogP contribution is 2.30. The molecule has 6 heteroatoms. The van der Waals surface area contributed by atoms with Gasteiger partial charge in [0, 0.05) is 29.9 Å². The summed E-state index contributed by atoms with van der Waals surface area (Å²) in [6.07, 6.45) is 0. The van der Waals surface area contributed by atoms with E-state index in [1.807, 2.05) is 49.5 Å². The number of benzene rings is 3. The van der Waals surface area contributed by atoms with E-state index in [-0.39, 0.29) is 11.7 Å². The van der Waals surface area contributed by atoms with Crippen LogP contribution in [-0.4, -0.2) is 35.9 Å². The molecule has 1 N–H and O–H groups in total. The van der Waals surface area contributed by atoms with Gasteiger partial charge in [0.25, 0.3) is 5.91 Å². The van der Waals surface area contributed by atoms with Crippen LogP contribution in [0.4, 0.5) is 4.39 Å². The molecular formula is C26H24FN3OS. The van der Waals surface area contributed by atoms with Crippen molar-refractivity contribution in [3.8, 4) is 0 Å². The number of carbonyl (C=O) groups is 1. The Hall–Kier alpha value is -3.22. The Balaban J connectivity index is 1.45. The number of amides is 1. The van der Waals surface area contributed by atoms with Crippen LogP contribution in [0.3, 0.4) is 0 Å². The Morgan fingerprint density at radius 3 is 2.50 bits per heavy atom. The highest BCUT2D eigenvalue weighted by Gasteiger charge is 2.14. The van der Waals surface area contributed by atoms with Gasteiger partial charge in [0.1, 0.15) is 10.8 Å². The molecule has 0 aliphatic rings. The van der Waals surface area contributed by atoms with E-state index in [0.29, 0.717) is 17.1 Å². The second kappa shape index (κ2) is 10.4. The highest BCUT2D eigenvalue weighted by atomic mass is 32.2. The number of nitrogens with zero attached hydrogens (tertiary/aromatic N) is 2. The third-order valence-corrected chi connectivity index (χ3v) is 5.97. The molecule has 0 radical (unpaired) electrons. The van der Waals surface area contributed by atoms with Crippen LogP contribution < -0.4 is 5.32 Å². The number of para-hydroxylation sites is 1. The molecule has 0 bridgehead atoms. The Morgan fingerprint density at radius 1 is 1.00 bits per heavy atom. The van der Waals surface area contributed by atoms with E-state index in [1.54, 1.807) is 18.2 Å². The molecule has 0 aliphatic carbocycles. The second-order valence-corrected chi connectivity index (χ2v) is 8.65. The number of likely N-dealkylation sites (N-methyl/N-ethyl adjacent to an activating group) is 1. The maximum atomic E-state index is 13.2. The van der Waals surface area contributed by atoms with Gasteiger partial charge in [-0.1, -0.05) is 60.3 Å². The van der Waals surface area contributed by atoms with E-state index < -0.39 is 0 Å². The van der Waals surface area contributed by atoms with Crippen molar-refractivity contribution in [1.82, 2.24) is 15.2 Å². The Morgan fingerprint density at radius 2 is 1.72 bits per heavy atom. The molecule has 0 aliphatic heterocycles. The number of hydrogen-bond acceptors (Lipinski definition) is 4. The van der Waals surface area contributed by atoms with Crippen molar-refractivity contribution < 1.29 is 9.18 Å². The molecule has 4 nitrogen and oxygen atoms in total. The molecule has 0 saturated heterocycles. The zero-order valence-corrected chi connectivity index (χ0v) is 18.6. The topological polar surface area (TPSA) is 45.2 Å². The minimum Gasteiger partial charge on any atom is -0.351 e. The first kappa shape index (κ1) is 22.0. The van der Waals surface area contributed by atoms with Gasteiger partial charge in [-0.15, -0.1) is 0 Å². The van der Waals surface area contributed by atoms with Crippen LogP contribution in [0.5, 0.6) is 0 Å². The van der Waals surface area contributed by atoms with Crippen molar-refractivity contribution in [2.24, 2.45) is 0 Å². The molecule has 1 aromatic heterocycles. The lowest BCUT2D eigenvalue weighted by Crippen LogP contribution is -2.32. The summed E-state index contributed by atoms with van der Waals surface area (Å²) in [4.78, 5) is 20.7. The quantitative estimate of drug-likeness (QED) is 0.395. The minimum absolute atomic E-state index is 0.127. The van der Waals surface area contributed by atoms with Gasteiger partial charge in [-0.2, -0.15) is 0 Å². The monoisotopic (exact) mass is 445 g/mol. The zero-order chi connectivity index (χ0) is 22.3. The lowest BCUT2D eigenvalue weighted by molar-refractivity contribution is 0.0951. The van der Waals surface area contributed by atoms with Crippen molar-refractivity contribution in [3.05, 3.63) is 102 Å². The van der Waals surface area contributed by atoms with E-state index in [2.05, 4.69) is 27.3 Å². The average molecular weight is 446 g/mol. The minimum atomic E-state index is -0.280. The van der Waals surface area contributed by atoms with Gasteiger partial charge in [0.05, 0.1) is 11.1 Å². The number of nitrogens with one attached hydrogen (secondary N) is 1. The van der Waals surface area contributed by atoms with Crippen molar-refractivity contribution >= 4 is 28.6 Å². The second-order valence-electron chi connectivity index (χ2n) is 7.56. The SMILES string of the molecule is CN(CCNC(=O)c1cc(Sc2ccc(F)cc2)nc2ccccc12)Cc1ccccc1. The Kier molecular flexibility index (Phi) is 7.14. The molecular weight excluding hydrogens is 421 g/mol. The molecule has 0 fully saturated rings. The van der Waals surface area contributed by atoms with Gasteiger partial charge in [-0.05, 0) is 49.0 Å². The summed E-state index contributed by atoms with van der Waals surface area (Å²) in [6, 6.07) is 25.9. The van der Waals surface area contributed by atoms with Gasteiger partial charge >= 0.3 is 0 Å². The fourth-order valence-electron chi connectivity index (χ4n) is 3.44. The smallest absolute Gasteiger partial charge is 0.252 e. The first-order valence-electron chi connectivity index (χ1n) is 10.4. The maximum Gasteiger partial charge on any atom is 0.252 e. The third kappa shape index (κ3) is 5.72. The molecule has 4 aromatic rings. The number of aromatic nitrogens is 1. The standard InChI is InChI=1S/C26H24FN3OS/c1-30(18-19-7-3-2-4-8-19)16-15-28-26(31)23-17-25(29-24-10-6-5-9-22(23)24)32-21-13-11-20(27)12-14-21/h2-14,17H,15-16,18H2,1H3,(H,28,31).